The summed E-state index contributed by atoms with van der Waals surface area (Å²) in [6.45, 7) is 5.33. The number of phenols is 1. The van der Waals surface area contributed by atoms with E-state index in [9.17, 15) is 14.7 Å². The number of aromatic hydroxyl groups is 1. The predicted molar refractivity (Wildman–Crippen MR) is 71.2 cm³/mol. The number of hydrogen-bond donors (Lipinski definition) is 3. The van der Waals surface area contributed by atoms with Crippen molar-refractivity contribution in [1.82, 2.24) is 5.32 Å². The number of aryl methyl sites for hydroxylation is 1. The summed E-state index contributed by atoms with van der Waals surface area (Å²) in [6, 6.07) is 3.50. The molecule has 0 radical (unpaired) electrons. The van der Waals surface area contributed by atoms with Crippen LogP contribution in [0.4, 0.5) is 0 Å². The quantitative estimate of drug-likeness (QED) is 0.759. The van der Waals surface area contributed by atoms with Crippen LogP contribution in [0.25, 0.3) is 0 Å². The van der Waals surface area contributed by atoms with Gasteiger partial charge in [-0.15, -0.1) is 0 Å². The summed E-state index contributed by atoms with van der Waals surface area (Å²) in [4.78, 5) is 23.1. The van der Waals surface area contributed by atoms with E-state index in [1.165, 1.54) is 18.2 Å². The lowest BCUT2D eigenvalue weighted by molar-refractivity contribution is -0.140. The zero-order chi connectivity index (χ0) is 14.6. The van der Waals surface area contributed by atoms with Crippen molar-refractivity contribution < 1.29 is 19.8 Å². The Bertz CT molecular complexity index is 484. The molecule has 2 unspecified atom stereocenters. The van der Waals surface area contributed by atoms with Crippen LogP contribution in [-0.2, 0) is 4.79 Å². The van der Waals surface area contributed by atoms with Crippen molar-refractivity contribution in [1.29, 1.82) is 0 Å². The van der Waals surface area contributed by atoms with Gasteiger partial charge >= 0.3 is 5.97 Å². The standard InChI is InChI=1S/C14H19NO4/c1-4-8(2)12(14(18)19)15-13(17)10-5-6-11(16)9(3)7-10/h5-8,12,16H,4H2,1-3H3,(H,15,17)(H,18,19). The Morgan fingerprint density at radius 3 is 2.47 bits per heavy atom. The van der Waals surface area contributed by atoms with E-state index in [0.29, 0.717) is 17.5 Å². The fourth-order valence-electron chi connectivity index (χ4n) is 1.70. The first-order chi connectivity index (χ1) is 8.86. The molecule has 0 saturated carbocycles. The van der Waals surface area contributed by atoms with E-state index in [2.05, 4.69) is 5.32 Å². The molecule has 1 aromatic carbocycles. The van der Waals surface area contributed by atoms with Crippen molar-refractivity contribution >= 4 is 11.9 Å². The second kappa shape index (κ2) is 6.22. The van der Waals surface area contributed by atoms with Gasteiger partial charge in [-0.3, -0.25) is 4.79 Å². The Morgan fingerprint density at radius 2 is 2.00 bits per heavy atom. The van der Waals surface area contributed by atoms with E-state index in [4.69, 9.17) is 5.11 Å². The SMILES string of the molecule is CCC(C)C(NC(=O)c1ccc(O)c(C)c1)C(=O)O. The Kier molecular flexibility index (Phi) is 4.92. The van der Waals surface area contributed by atoms with Crippen LogP contribution >= 0.6 is 0 Å². The van der Waals surface area contributed by atoms with Crippen molar-refractivity contribution in [3.63, 3.8) is 0 Å². The first-order valence-corrected chi connectivity index (χ1v) is 6.20. The number of hydrogen-bond acceptors (Lipinski definition) is 3. The fourth-order valence-corrected chi connectivity index (χ4v) is 1.70. The molecule has 1 amide bonds. The van der Waals surface area contributed by atoms with Crippen molar-refractivity contribution in [2.75, 3.05) is 0 Å². The molecule has 104 valence electrons. The number of amides is 1. The predicted octanol–water partition coefficient (Wildman–Crippen LogP) is 1.93. The molecule has 0 aliphatic carbocycles. The van der Waals surface area contributed by atoms with Crippen LogP contribution in [0, 0.1) is 12.8 Å². The summed E-state index contributed by atoms with van der Waals surface area (Å²) in [7, 11) is 0. The lowest BCUT2D eigenvalue weighted by Gasteiger charge is -2.20. The van der Waals surface area contributed by atoms with E-state index in [0.717, 1.165) is 0 Å². The molecule has 19 heavy (non-hydrogen) atoms. The van der Waals surface area contributed by atoms with E-state index in [1.807, 2.05) is 6.92 Å². The fraction of sp³-hybridized carbons (Fsp3) is 0.429. The van der Waals surface area contributed by atoms with Crippen molar-refractivity contribution in [2.24, 2.45) is 5.92 Å². The van der Waals surface area contributed by atoms with Crippen LogP contribution in [0.2, 0.25) is 0 Å². The second-order valence-electron chi connectivity index (χ2n) is 4.68. The lowest BCUT2D eigenvalue weighted by Crippen LogP contribution is -2.45. The van der Waals surface area contributed by atoms with E-state index < -0.39 is 17.9 Å². The number of phenolic OH excluding ortho intramolecular Hbond substituents is 1. The highest BCUT2D eigenvalue weighted by Crippen LogP contribution is 2.17. The van der Waals surface area contributed by atoms with Crippen LogP contribution in [0.3, 0.4) is 0 Å². The maximum Gasteiger partial charge on any atom is 0.326 e. The minimum atomic E-state index is -1.04. The molecular formula is C14H19NO4. The number of carboxylic acids is 1. The second-order valence-corrected chi connectivity index (χ2v) is 4.68. The third kappa shape index (κ3) is 3.71. The van der Waals surface area contributed by atoms with E-state index in [1.54, 1.807) is 13.8 Å². The monoisotopic (exact) mass is 265 g/mol. The first kappa shape index (κ1) is 15.0. The molecule has 5 nitrogen and oxygen atoms in total. The van der Waals surface area contributed by atoms with Crippen molar-refractivity contribution in [3.8, 4) is 5.75 Å². The van der Waals surface area contributed by atoms with E-state index in [-0.39, 0.29) is 11.7 Å². The third-order valence-corrected chi connectivity index (χ3v) is 3.22. The van der Waals surface area contributed by atoms with Gasteiger partial charge in [0.2, 0.25) is 0 Å². The van der Waals surface area contributed by atoms with E-state index >= 15 is 0 Å². The zero-order valence-corrected chi connectivity index (χ0v) is 11.3. The van der Waals surface area contributed by atoms with Crippen molar-refractivity contribution in [2.45, 2.75) is 33.2 Å². The van der Waals surface area contributed by atoms with Gasteiger partial charge in [-0.1, -0.05) is 20.3 Å². The van der Waals surface area contributed by atoms with Gasteiger partial charge in [0.05, 0.1) is 0 Å². The molecule has 0 heterocycles. The molecular weight excluding hydrogens is 246 g/mol. The molecule has 0 aliphatic heterocycles. The van der Waals surface area contributed by atoms with Gasteiger partial charge in [0.1, 0.15) is 11.8 Å². The Labute approximate surface area is 112 Å². The van der Waals surface area contributed by atoms with Gasteiger partial charge in [0.25, 0.3) is 5.91 Å². The summed E-state index contributed by atoms with van der Waals surface area (Å²) in [6.07, 6.45) is 0.659. The number of carbonyl (C=O) groups is 2. The molecule has 0 aromatic heterocycles. The molecule has 3 N–H and O–H groups in total. The van der Waals surface area contributed by atoms with Crippen LogP contribution in [0.1, 0.15) is 36.2 Å². The Balaban J connectivity index is 2.87. The topological polar surface area (TPSA) is 86.6 Å². The number of aliphatic carboxylic acids is 1. The molecule has 0 fully saturated rings. The van der Waals surface area contributed by atoms with Crippen LogP contribution in [0.5, 0.6) is 5.75 Å². The summed E-state index contributed by atoms with van der Waals surface area (Å²) >= 11 is 0. The maximum atomic E-state index is 12.0. The zero-order valence-electron chi connectivity index (χ0n) is 11.3. The highest BCUT2D eigenvalue weighted by molar-refractivity contribution is 5.96. The third-order valence-electron chi connectivity index (χ3n) is 3.22. The number of rotatable bonds is 5. The minimum Gasteiger partial charge on any atom is -0.508 e. The Hall–Kier alpha value is -2.04. The first-order valence-electron chi connectivity index (χ1n) is 6.20. The van der Waals surface area contributed by atoms with Crippen LogP contribution < -0.4 is 5.32 Å². The largest absolute Gasteiger partial charge is 0.508 e. The van der Waals surface area contributed by atoms with Gasteiger partial charge in [-0.25, -0.2) is 4.79 Å². The average Bonchev–Trinajstić information content (AvgIpc) is 2.37. The molecule has 0 bridgehead atoms. The molecule has 0 aliphatic rings. The van der Waals surface area contributed by atoms with Gasteiger partial charge in [0, 0.05) is 5.56 Å². The summed E-state index contributed by atoms with van der Waals surface area (Å²) in [5.74, 6) is -1.54. The molecule has 1 aromatic rings. The highest BCUT2D eigenvalue weighted by atomic mass is 16.4. The van der Waals surface area contributed by atoms with Gasteiger partial charge in [-0.2, -0.15) is 0 Å². The molecule has 1 rings (SSSR count). The highest BCUT2D eigenvalue weighted by Gasteiger charge is 2.25. The summed E-state index contributed by atoms with van der Waals surface area (Å²) in [5, 5.41) is 21.0. The average molecular weight is 265 g/mol. The van der Waals surface area contributed by atoms with Gasteiger partial charge in [0.15, 0.2) is 0 Å². The summed E-state index contributed by atoms with van der Waals surface area (Å²) in [5.41, 5.74) is 0.910. The lowest BCUT2D eigenvalue weighted by atomic mass is 9.98. The number of carbonyl (C=O) groups excluding carboxylic acids is 1. The summed E-state index contributed by atoms with van der Waals surface area (Å²) < 4.78 is 0. The smallest absolute Gasteiger partial charge is 0.326 e. The van der Waals surface area contributed by atoms with Gasteiger partial charge in [-0.05, 0) is 36.6 Å². The molecule has 0 saturated heterocycles. The number of carboxylic acid groups (broad SMARTS) is 1. The van der Waals surface area contributed by atoms with Crippen LogP contribution in [-0.4, -0.2) is 28.1 Å². The maximum absolute atomic E-state index is 12.0. The van der Waals surface area contributed by atoms with Gasteiger partial charge < -0.3 is 15.5 Å². The van der Waals surface area contributed by atoms with Crippen LogP contribution in [0.15, 0.2) is 18.2 Å². The number of nitrogens with one attached hydrogen (secondary N) is 1. The molecule has 5 heteroatoms. The minimum absolute atomic E-state index is 0.105. The number of benzene rings is 1. The molecule has 2 atom stereocenters. The normalized spacial score (nSPS) is 13.6. The van der Waals surface area contributed by atoms with Crippen molar-refractivity contribution in [3.05, 3.63) is 29.3 Å². The Morgan fingerprint density at radius 1 is 1.37 bits per heavy atom. The molecule has 0 spiro atoms.